The molecule has 7 nitrogen and oxygen atoms in total. The lowest BCUT2D eigenvalue weighted by molar-refractivity contribution is 0.0944. The van der Waals surface area contributed by atoms with Gasteiger partial charge in [0.1, 0.15) is 17.9 Å². The van der Waals surface area contributed by atoms with Gasteiger partial charge in [0.15, 0.2) is 5.69 Å². The summed E-state index contributed by atoms with van der Waals surface area (Å²) in [4.78, 5) is 15.5. The van der Waals surface area contributed by atoms with Crippen molar-refractivity contribution in [2.45, 2.75) is 19.8 Å². The number of aromatic nitrogens is 4. The fourth-order valence-electron chi connectivity index (χ4n) is 1.37. The monoisotopic (exact) mass is 235 g/mol. The molecule has 2 rings (SSSR count). The molecule has 0 spiro atoms. The molecule has 0 aliphatic rings. The zero-order valence-electron chi connectivity index (χ0n) is 9.43. The van der Waals surface area contributed by atoms with Crippen molar-refractivity contribution in [3.63, 3.8) is 0 Å². The first-order chi connectivity index (χ1) is 8.25. The van der Waals surface area contributed by atoms with Crippen LogP contribution in [0.5, 0.6) is 0 Å². The predicted octanol–water partition coefficient (Wildman–Crippen LogP) is 0.464. The van der Waals surface area contributed by atoms with Crippen molar-refractivity contribution in [2.75, 3.05) is 6.54 Å². The molecular weight excluding hydrogens is 222 g/mol. The Labute approximate surface area is 97.6 Å². The number of nitrogens with zero attached hydrogens (tertiary/aromatic N) is 3. The van der Waals surface area contributed by atoms with Gasteiger partial charge < -0.3 is 9.84 Å². The molecule has 90 valence electrons. The first-order valence-electron chi connectivity index (χ1n) is 5.31. The highest BCUT2D eigenvalue weighted by Crippen LogP contribution is 2.01. The van der Waals surface area contributed by atoms with Crippen molar-refractivity contribution in [1.29, 1.82) is 0 Å². The van der Waals surface area contributed by atoms with Crippen LogP contribution < -0.4 is 5.32 Å². The Morgan fingerprint density at radius 1 is 1.59 bits per heavy atom. The summed E-state index contributed by atoms with van der Waals surface area (Å²) in [7, 11) is 0. The Balaban J connectivity index is 1.70. The molecule has 2 aromatic heterocycles. The van der Waals surface area contributed by atoms with Crippen molar-refractivity contribution >= 4 is 5.91 Å². The van der Waals surface area contributed by atoms with Crippen LogP contribution in [0.1, 0.15) is 28.5 Å². The van der Waals surface area contributed by atoms with E-state index >= 15 is 0 Å². The van der Waals surface area contributed by atoms with Gasteiger partial charge in [0.05, 0.1) is 0 Å². The van der Waals surface area contributed by atoms with Gasteiger partial charge in [0.2, 0.25) is 0 Å². The lowest BCUT2D eigenvalue weighted by Gasteiger charge is -2.00. The van der Waals surface area contributed by atoms with Crippen LogP contribution in [0.2, 0.25) is 0 Å². The normalized spacial score (nSPS) is 10.4. The van der Waals surface area contributed by atoms with Crippen molar-refractivity contribution in [3.05, 3.63) is 29.7 Å². The van der Waals surface area contributed by atoms with Crippen LogP contribution in [-0.4, -0.2) is 32.8 Å². The quantitative estimate of drug-likeness (QED) is 0.734. The topological polar surface area (TPSA) is 96.7 Å². The summed E-state index contributed by atoms with van der Waals surface area (Å²) in [5.74, 6) is 1.22. The number of hydrogen-bond donors (Lipinski definition) is 2. The molecule has 0 unspecified atom stereocenters. The molecule has 0 aliphatic carbocycles. The highest BCUT2D eigenvalue weighted by atomic mass is 16.5. The van der Waals surface area contributed by atoms with Crippen LogP contribution in [0, 0.1) is 6.92 Å². The summed E-state index contributed by atoms with van der Waals surface area (Å²) in [5, 5.41) is 12.9. The number of nitrogens with one attached hydrogen (secondary N) is 2. The first kappa shape index (κ1) is 11.3. The van der Waals surface area contributed by atoms with Gasteiger partial charge in [-0.15, -0.1) is 0 Å². The van der Waals surface area contributed by atoms with Crippen LogP contribution in [-0.2, 0) is 6.42 Å². The van der Waals surface area contributed by atoms with Crippen molar-refractivity contribution in [1.82, 2.24) is 25.7 Å². The predicted molar refractivity (Wildman–Crippen MR) is 58.3 cm³/mol. The van der Waals surface area contributed by atoms with Gasteiger partial charge in [-0.2, -0.15) is 5.10 Å². The first-order valence-corrected chi connectivity index (χ1v) is 5.31. The standard InChI is InChI=1S/C10H13N5O2/c1-7-5-8(15-17-7)10(16)11-4-2-3-9-12-6-13-14-9/h5-6H,2-4H2,1H3,(H,11,16)(H,12,13,14). The lowest BCUT2D eigenvalue weighted by atomic mass is 10.3. The molecule has 0 radical (unpaired) electrons. The smallest absolute Gasteiger partial charge is 0.273 e. The number of amides is 1. The van der Waals surface area contributed by atoms with E-state index in [1.54, 1.807) is 13.0 Å². The summed E-state index contributed by atoms with van der Waals surface area (Å²) in [6.45, 7) is 2.30. The van der Waals surface area contributed by atoms with E-state index in [1.807, 2.05) is 0 Å². The van der Waals surface area contributed by atoms with Crippen LogP contribution in [0.15, 0.2) is 16.9 Å². The summed E-state index contributed by atoms with van der Waals surface area (Å²) >= 11 is 0. The lowest BCUT2D eigenvalue weighted by Crippen LogP contribution is -2.25. The summed E-state index contributed by atoms with van der Waals surface area (Å²) in [5.41, 5.74) is 0.308. The van der Waals surface area contributed by atoms with Gasteiger partial charge in [0.25, 0.3) is 5.91 Å². The Kier molecular flexibility index (Phi) is 3.49. The van der Waals surface area contributed by atoms with E-state index in [1.165, 1.54) is 6.33 Å². The van der Waals surface area contributed by atoms with Gasteiger partial charge in [-0.1, -0.05) is 5.16 Å². The molecule has 0 saturated carbocycles. The second kappa shape index (κ2) is 5.24. The number of carbonyl (C=O) groups excluding carboxylic acids is 1. The molecule has 0 fully saturated rings. The Morgan fingerprint density at radius 2 is 2.47 bits per heavy atom. The summed E-state index contributed by atoms with van der Waals surface area (Å²) < 4.78 is 4.82. The van der Waals surface area contributed by atoms with E-state index < -0.39 is 0 Å². The molecule has 1 amide bonds. The molecule has 17 heavy (non-hydrogen) atoms. The van der Waals surface area contributed by atoms with E-state index in [0.717, 1.165) is 18.7 Å². The average Bonchev–Trinajstić information content (AvgIpc) is 2.95. The minimum Gasteiger partial charge on any atom is -0.361 e. The fourth-order valence-corrected chi connectivity index (χ4v) is 1.37. The Morgan fingerprint density at radius 3 is 3.12 bits per heavy atom. The molecule has 2 heterocycles. The van der Waals surface area contributed by atoms with E-state index in [0.29, 0.717) is 18.0 Å². The third-order valence-corrected chi connectivity index (χ3v) is 2.20. The van der Waals surface area contributed by atoms with E-state index in [-0.39, 0.29) is 5.91 Å². The van der Waals surface area contributed by atoms with E-state index in [4.69, 9.17) is 4.52 Å². The molecule has 0 aromatic carbocycles. The van der Waals surface area contributed by atoms with Crippen LogP contribution in [0.4, 0.5) is 0 Å². The van der Waals surface area contributed by atoms with Gasteiger partial charge in [-0.25, -0.2) is 4.98 Å². The highest BCUT2D eigenvalue weighted by molar-refractivity contribution is 5.92. The minimum absolute atomic E-state index is 0.223. The number of aryl methyl sites for hydroxylation is 2. The Hall–Kier alpha value is -2.18. The second-order valence-corrected chi connectivity index (χ2v) is 3.61. The zero-order chi connectivity index (χ0) is 12.1. The Bertz CT molecular complexity index is 477. The molecule has 0 aliphatic heterocycles. The number of aromatic amines is 1. The molecule has 2 N–H and O–H groups in total. The van der Waals surface area contributed by atoms with Crippen LogP contribution in [0.3, 0.4) is 0 Å². The SMILES string of the molecule is Cc1cc(C(=O)NCCCc2ncn[nH]2)no1. The maximum atomic E-state index is 11.5. The van der Waals surface area contributed by atoms with Gasteiger partial charge in [0, 0.05) is 19.0 Å². The third-order valence-electron chi connectivity index (χ3n) is 2.20. The molecular formula is C10H13N5O2. The fraction of sp³-hybridized carbons (Fsp3) is 0.400. The van der Waals surface area contributed by atoms with E-state index in [2.05, 4.69) is 25.7 Å². The summed E-state index contributed by atoms with van der Waals surface area (Å²) in [6.07, 6.45) is 3.00. The van der Waals surface area contributed by atoms with Crippen molar-refractivity contribution in [3.8, 4) is 0 Å². The number of carbonyl (C=O) groups is 1. The third kappa shape index (κ3) is 3.13. The van der Waals surface area contributed by atoms with E-state index in [9.17, 15) is 4.79 Å². The van der Waals surface area contributed by atoms with Crippen molar-refractivity contribution < 1.29 is 9.32 Å². The van der Waals surface area contributed by atoms with Gasteiger partial charge in [-0.05, 0) is 13.3 Å². The maximum Gasteiger partial charge on any atom is 0.273 e. The molecule has 0 bridgehead atoms. The van der Waals surface area contributed by atoms with Gasteiger partial charge in [-0.3, -0.25) is 9.89 Å². The highest BCUT2D eigenvalue weighted by Gasteiger charge is 2.09. The number of rotatable bonds is 5. The zero-order valence-corrected chi connectivity index (χ0v) is 9.43. The van der Waals surface area contributed by atoms with Crippen LogP contribution >= 0.6 is 0 Å². The molecule has 0 atom stereocenters. The number of H-pyrrole nitrogens is 1. The molecule has 7 heteroatoms. The maximum absolute atomic E-state index is 11.5. The van der Waals surface area contributed by atoms with Gasteiger partial charge >= 0.3 is 0 Å². The molecule has 2 aromatic rings. The minimum atomic E-state index is -0.223. The summed E-state index contributed by atoms with van der Waals surface area (Å²) in [6, 6.07) is 1.60. The van der Waals surface area contributed by atoms with Crippen molar-refractivity contribution in [2.24, 2.45) is 0 Å². The second-order valence-electron chi connectivity index (χ2n) is 3.61. The van der Waals surface area contributed by atoms with Crippen LogP contribution in [0.25, 0.3) is 0 Å². The average molecular weight is 235 g/mol. The molecule has 0 saturated heterocycles. The number of hydrogen-bond acceptors (Lipinski definition) is 5. The largest absolute Gasteiger partial charge is 0.361 e.